The molecule has 0 bridgehead atoms. The van der Waals surface area contributed by atoms with Gasteiger partial charge >= 0.3 is 0 Å². The Hall–Kier alpha value is -0.940. The van der Waals surface area contributed by atoms with Crippen molar-refractivity contribution < 1.29 is 9.53 Å². The van der Waals surface area contributed by atoms with Gasteiger partial charge in [0, 0.05) is 18.1 Å². The SMILES string of the molecule is COCC(CBr)NC(=O)c1cccc(C)n1. The molecule has 1 aromatic heterocycles. The second kappa shape index (κ2) is 6.60. The number of methoxy groups -OCH3 is 1. The molecule has 1 unspecified atom stereocenters. The van der Waals surface area contributed by atoms with Gasteiger partial charge in [0.05, 0.1) is 12.6 Å². The largest absolute Gasteiger partial charge is 0.383 e. The van der Waals surface area contributed by atoms with Gasteiger partial charge in [-0.2, -0.15) is 0 Å². The minimum Gasteiger partial charge on any atom is -0.383 e. The fourth-order valence-corrected chi connectivity index (χ4v) is 1.60. The highest BCUT2D eigenvalue weighted by Gasteiger charge is 2.13. The standard InChI is InChI=1S/C11H15BrN2O2/c1-8-4-3-5-10(13-8)11(15)14-9(6-12)7-16-2/h3-5,9H,6-7H2,1-2H3,(H,14,15). The van der Waals surface area contributed by atoms with E-state index in [1.54, 1.807) is 13.2 Å². The molecule has 1 N–H and O–H groups in total. The van der Waals surface area contributed by atoms with Crippen LogP contribution in [-0.4, -0.2) is 36.0 Å². The van der Waals surface area contributed by atoms with E-state index in [1.807, 2.05) is 19.1 Å². The summed E-state index contributed by atoms with van der Waals surface area (Å²) in [5.41, 5.74) is 1.26. The zero-order chi connectivity index (χ0) is 12.0. The van der Waals surface area contributed by atoms with Gasteiger partial charge in [-0.25, -0.2) is 4.98 Å². The molecule has 16 heavy (non-hydrogen) atoms. The molecule has 0 fully saturated rings. The molecule has 5 heteroatoms. The van der Waals surface area contributed by atoms with Crippen LogP contribution in [0.5, 0.6) is 0 Å². The van der Waals surface area contributed by atoms with Gasteiger partial charge in [0.25, 0.3) is 5.91 Å². The highest BCUT2D eigenvalue weighted by Crippen LogP contribution is 2.00. The molecule has 1 rings (SSSR count). The lowest BCUT2D eigenvalue weighted by Crippen LogP contribution is -2.39. The lowest BCUT2D eigenvalue weighted by Gasteiger charge is -2.14. The molecular weight excluding hydrogens is 272 g/mol. The van der Waals surface area contributed by atoms with Crippen molar-refractivity contribution in [3.63, 3.8) is 0 Å². The first-order valence-corrected chi connectivity index (χ1v) is 6.09. The number of nitrogens with one attached hydrogen (secondary N) is 1. The lowest BCUT2D eigenvalue weighted by atomic mass is 10.2. The number of aryl methyl sites for hydroxylation is 1. The van der Waals surface area contributed by atoms with Gasteiger partial charge in [0.1, 0.15) is 5.69 Å². The summed E-state index contributed by atoms with van der Waals surface area (Å²) in [4.78, 5) is 15.9. The maximum absolute atomic E-state index is 11.8. The number of rotatable bonds is 5. The Bertz CT molecular complexity index is 358. The smallest absolute Gasteiger partial charge is 0.270 e. The average Bonchev–Trinajstić information content (AvgIpc) is 2.28. The summed E-state index contributed by atoms with van der Waals surface area (Å²) in [7, 11) is 1.60. The van der Waals surface area contributed by atoms with Crippen LogP contribution in [0, 0.1) is 6.92 Å². The molecule has 0 aliphatic heterocycles. The van der Waals surface area contributed by atoms with Crippen LogP contribution < -0.4 is 5.32 Å². The van der Waals surface area contributed by atoms with Crippen LogP contribution in [-0.2, 0) is 4.74 Å². The third kappa shape index (κ3) is 3.90. The zero-order valence-corrected chi connectivity index (χ0v) is 11.0. The van der Waals surface area contributed by atoms with E-state index in [2.05, 4.69) is 26.2 Å². The van der Waals surface area contributed by atoms with Crippen LogP contribution in [0.1, 0.15) is 16.2 Å². The molecule has 1 heterocycles. The maximum atomic E-state index is 11.8. The number of nitrogens with zero attached hydrogens (tertiary/aromatic N) is 1. The van der Waals surface area contributed by atoms with E-state index in [9.17, 15) is 4.79 Å². The number of hydrogen-bond acceptors (Lipinski definition) is 3. The first kappa shape index (κ1) is 13.1. The number of amides is 1. The molecule has 1 aromatic rings. The van der Waals surface area contributed by atoms with Crippen LogP contribution in [0.3, 0.4) is 0 Å². The third-order valence-electron chi connectivity index (χ3n) is 2.01. The van der Waals surface area contributed by atoms with Gasteiger partial charge in [0.15, 0.2) is 0 Å². The van der Waals surface area contributed by atoms with Gasteiger partial charge in [0.2, 0.25) is 0 Å². The number of ether oxygens (including phenoxy) is 1. The number of carbonyl (C=O) groups is 1. The van der Waals surface area contributed by atoms with E-state index in [1.165, 1.54) is 0 Å². The van der Waals surface area contributed by atoms with E-state index in [-0.39, 0.29) is 11.9 Å². The number of alkyl halides is 1. The molecule has 0 radical (unpaired) electrons. The molecule has 1 amide bonds. The second-order valence-electron chi connectivity index (χ2n) is 3.44. The molecule has 0 aliphatic rings. The van der Waals surface area contributed by atoms with Crippen molar-refractivity contribution in [2.45, 2.75) is 13.0 Å². The topological polar surface area (TPSA) is 51.2 Å². The van der Waals surface area contributed by atoms with Crippen molar-refractivity contribution >= 4 is 21.8 Å². The highest BCUT2D eigenvalue weighted by molar-refractivity contribution is 9.09. The summed E-state index contributed by atoms with van der Waals surface area (Å²) in [6.07, 6.45) is 0. The summed E-state index contributed by atoms with van der Waals surface area (Å²) in [6.45, 7) is 2.33. The van der Waals surface area contributed by atoms with E-state index >= 15 is 0 Å². The van der Waals surface area contributed by atoms with Gasteiger partial charge < -0.3 is 10.1 Å². The Balaban J connectivity index is 2.64. The molecule has 4 nitrogen and oxygen atoms in total. The molecule has 0 saturated carbocycles. The summed E-state index contributed by atoms with van der Waals surface area (Å²) < 4.78 is 4.99. The normalized spacial score (nSPS) is 12.2. The molecule has 0 saturated heterocycles. The second-order valence-corrected chi connectivity index (χ2v) is 4.09. The Kier molecular flexibility index (Phi) is 5.42. The number of halogens is 1. The van der Waals surface area contributed by atoms with Gasteiger partial charge in [-0.3, -0.25) is 4.79 Å². The van der Waals surface area contributed by atoms with Crippen LogP contribution in [0.15, 0.2) is 18.2 Å². The number of carbonyl (C=O) groups excluding carboxylic acids is 1. The fourth-order valence-electron chi connectivity index (χ4n) is 1.25. The minimum atomic E-state index is -0.176. The number of pyridine rings is 1. The van der Waals surface area contributed by atoms with E-state index in [4.69, 9.17) is 4.74 Å². The van der Waals surface area contributed by atoms with E-state index in [0.29, 0.717) is 17.6 Å². The Labute approximate surface area is 104 Å². The predicted molar refractivity (Wildman–Crippen MR) is 65.9 cm³/mol. The van der Waals surface area contributed by atoms with Crippen molar-refractivity contribution in [2.75, 3.05) is 19.0 Å². The van der Waals surface area contributed by atoms with Crippen molar-refractivity contribution in [3.8, 4) is 0 Å². The zero-order valence-electron chi connectivity index (χ0n) is 9.37. The predicted octanol–water partition coefficient (Wildman–Crippen LogP) is 1.53. The molecule has 88 valence electrons. The minimum absolute atomic E-state index is 0.0418. The molecule has 0 aromatic carbocycles. The quantitative estimate of drug-likeness (QED) is 0.836. The van der Waals surface area contributed by atoms with Crippen molar-refractivity contribution in [3.05, 3.63) is 29.6 Å². The van der Waals surface area contributed by atoms with E-state index < -0.39 is 0 Å². The average molecular weight is 287 g/mol. The van der Waals surface area contributed by atoms with Crippen molar-refractivity contribution in [1.82, 2.24) is 10.3 Å². The first-order valence-electron chi connectivity index (χ1n) is 4.96. The summed E-state index contributed by atoms with van der Waals surface area (Å²) in [5.74, 6) is -0.176. The fraction of sp³-hybridized carbons (Fsp3) is 0.455. The molecule has 0 spiro atoms. The van der Waals surface area contributed by atoms with Crippen LogP contribution in [0.25, 0.3) is 0 Å². The highest BCUT2D eigenvalue weighted by atomic mass is 79.9. The number of hydrogen-bond donors (Lipinski definition) is 1. The summed E-state index contributed by atoms with van der Waals surface area (Å²) in [5, 5.41) is 3.49. The monoisotopic (exact) mass is 286 g/mol. The van der Waals surface area contributed by atoms with Gasteiger partial charge in [-0.15, -0.1) is 0 Å². The van der Waals surface area contributed by atoms with Crippen molar-refractivity contribution in [2.24, 2.45) is 0 Å². The maximum Gasteiger partial charge on any atom is 0.270 e. The Morgan fingerprint density at radius 1 is 1.62 bits per heavy atom. The van der Waals surface area contributed by atoms with Crippen LogP contribution in [0.4, 0.5) is 0 Å². The summed E-state index contributed by atoms with van der Waals surface area (Å²) in [6, 6.07) is 5.32. The van der Waals surface area contributed by atoms with Gasteiger partial charge in [-0.1, -0.05) is 22.0 Å². The molecule has 0 aliphatic carbocycles. The molecule has 1 atom stereocenters. The summed E-state index contributed by atoms with van der Waals surface area (Å²) >= 11 is 3.32. The van der Waals surface area contributed by atoms with Gasteiger partial charge in [-0.05, 0) is 19.1 Å². The van der Waals surface area contributed by atoms with Crippen LogP contribution in [0.2, 0.25) is 0 Å². The number of aromatic nitrogens is 1. The van der Waals surface area contributed by atoms with E-state index in [0.717, 1.165) is 5.69 Å². The Morgan fingerprint density at radius 3 is 2.94 bits per heavy atom. The lowest BCUT2D eigenvalue weighted by molar-refractivity contribution is 0.0902. The first-order chi connectivity index (χ1) is 7.67. The van der Waals surface area contributed by atoms with Crippen LogP contribution >= 0.6 is 15.9 Å². The Morgan fingerprint density at radius 2 is 2.38 bits per heavy atom. The van der Waals surface area contributed by atoms with Crippen molar-refractivity contribution in [1.29, 1.82) is 0 Å². The third-order valence-corrected chi connectivity index (χ3v) is 2.79. The molecular formula is C11H15BrN2O2.